The van der Waals surface area contributed by atoms with E-state index in [0.717, 1.165) is 6.29 Å². The van der Waals surface area contributed by atoms with Gasteiger partial charge in [-0.25, -0.2) is 0 Å². The molecule has 6 nitrogen and oxygen atoms in total. The maximum Gasteiger partial charge on any atom is 0.325 e. The molecule has 0 aliphatic rings. The van der Waals surface area contributed by atoms with E-state index >= 15 is 0 Å². The molecule has 0 saturated carbocycles. The molecule has 0 bridgehead atoms. The van der Waals surface area contributed by atoms with Crippen LogP contribution in [0.3, 0.4) is 0 Å². The zero-order valence-corrected chi connectivity index (χ0v) is 13.3. The number of benzene rings is 1. The molecule has 1 heterocycles. The van der Waals surface area contributed by atoms with E-state index in [0.29, 0.717) is 22.0 Å². The Bertz CT molecular complexity index is 763. The van der Waals surface area contributed by atoms with Crippen molar-refractivity contribution in [1.82, 2.24) is 10.3 Å². The van der Waals surface area contributed by atoms with E-state index in [1.165, 1.54) is 6.20 Å². The SMILES string of the molecule is CC(C)(C)OC(=O)CNC(=O)c1ccnc2cc(C=O)ccc12. The number of hydrogen-bond acceptors (Lipinski definition) is 5. The Labute approximate surface area is 133 Å². The molecule has 6 heteroatoms. The first-order chi connectivity index (χ1) is 10.8. The van der Waals surface area contributed by atoms with Gasteiger partial charge in [-0.3, -0.25) is 19.4 Å². The molecule has 2 rings (SSSR count). The topological polar surface area (TPSA) is 85.4 Å². The number of nitrogens with one attached hydrogen (secondary N) is 1. The molecular formula is C17H18N2O4. The summed E-state index contributed by atoms with van der Waals surface area (Å²) in [6, 6.07) is 6.44. The highest BCUT2D eigenvalue weighted by Crippen LogP contribution is 2.17. The molecule has 1 aromatic carbocycles. The van der Waals surface area contributed by atoms with E-state index < -0.39 is 17.5 Å². The normalized spacial score (nSPS) is 11.1. The van der Waals surface area contributed by atoms with Crippen molar-refractivity contribution in [3.05, 3.63) is 41.6 Å². The lowest BCUT2D eigenvalue weighted by Crippen LogP contribution is -2.34. The third-order valence-corrected chi connectivity index (χ3v) is 2.96. The van der Waals surface area contributed by atoms with Gasteiger partial charge >= 0.3 is 5.97 Å². The molecule has 120 valence electrons. The van der Waals surface area contributed by atoms with Gasteiger partial charge in [0.1, 0.15) is 18.4 Å². The number of nitrogens with zero attached hydrogens (tertiary/aromatic N) is 1. The van der Waals surface area contributed by atoms with Crippen molar-refractivity contribution < 1.29 is 19.1 Å². The molecule has 0 spiro atoms. The minimum Gasteiger partial charge on any atom is -0.459 e. The molecule has 0 fully saturated rings. The van der Waals surface area contributed by atoms with Gasteiger partial charge in [0, 0.05) is 17.1 Å². The first-order valence-corrected chi connectivity index (χ1v) is 7.14. The number of ether oxygens (including phenoxy) is 1. The van der Waals surface area contributed by atoms with Crippen molar-refractivity contribution >= 4 is 29.1 Å². The highest BCUT2D eigenvalue weighted by Gasteiger charge is 2.18. The van der Waals surface area contributed by atoms with Crippen molar-refractivity contribution in [3.63, 3.8) is 0 Å². The zero-order valence-electron chi connectivity index (χ0n) is 13.3. The molecule has 0 saturated heterocycles. The number of carbonyl (C=O) groups is 3. The van der Waals surface area contributed by atoms with Crippen LogP contribution in [0.1, 0.15) is 41.5 Å². The minimum absolute atomic E-state index is 0.216. The molecular weight excluding hydrogens is 296 g/mol. The van der Waals surface area contributed by atoms with Crippen molar-refractivity contribution in [3.8, 4) is 0 Å². The Morgan fingerprint density at radius 1 is 1.26 bits per heavy atom. The van der Waals surface area contributed by atoms with Crippen molar-refractivity contribution in [2.45, 2.75) is 26.4 Å². The van der Waals surface area contributed by atoms with Crippen LogP contribution in [0.25, 0.3) is 10.9 Å². The van der Waals surface area contributed by atoms with Crippen molar-refractivity contribution in [2.24, 2.45) is 0 Å². The lowest BCUT2D eigenvalue weighted by molar-refractivity contribution is -0.153. The second-order valence-electron chi connectivity index (χ2n) is 6.02. The third-order valence-electron chi connectivity index (χ3n) is 2.96. The van der Waals surface area contributed by atoms with Crippen LogP contribution in [0, 0.1) is 0 Å². The van der Waals surface area contributed by atoms with Crippen LogP contribution in [0.4, 0.5) is 0 Å². The molecule has 2 aromatic rings. The van der Waals surface area contributed by atoms with Crippen LogP contribution >= 0.6 is 0 Å². The number of amides is 1. The monoisotopic (exact) mass is 314 g/mol. The van der Waals surface area contributed by atoms with Gasteiger partial charge in [-0.2, -0.15) is 0 Å². The summed E-state index contributed by atoms with van der Waals surface area (Å²) >= 11 is 0. The molecule has 1 aromatic heterocycles. The fraction of sp³-hybridized carbons (Fsp3) is 0.294. The second-order valence-corrected chi connectivity index (χ2v) is 6.02. The Hall–Kier alpha value is -2.76. The van der Waals surface area contributed by atoms with E-state index in [9.17, 15) is 14.4 Å². The lowest BCUT2D eigenvalue weighted by Gasteiger charge is -2.19. The molecule has 0 radical (unpaired) electrons. The van der Waals surface area contributed by atoms with Crippen LogP contribution in [-0.2, 0) is 9.53 Å². The molecule has 0 aliphatic carbocycles. The number of aromatic nitrogens is 1. The van der Waals surface area contributed by atoms with Crippen LogP contribution in [0.15, 0.2) is 30.5 Å². The second kappa shape index (κ2) is 6.56. The predicted molar refractivity (Wildman–Crippen MR) is 85.3 cm³/mol. The fourth-order valence-corrected chi connectivity index (χ4v) is 2.06. The average molecular weight is 314 g/mol. The van der Waals surface area contributed by atoms with Gasteiger partial charge in [0.15, 0.2) is 0 Å². The van der Waals surface area contributed by atoms with Gasteiger partial charge in [0.2, 0.25) is 0 Å². The highest BCUT2D eigenvalue weighted by molar-refractivity contribution is 6.07. The molecule has 1 N–H and O–H groups in total. The van der Waals surface area contributed by atoms with Crippen LogP contribution in [-0.4, -0.2) is 35.3 Å². The van der Waals surface area contributed by atoms with Crippen LogP contribution < -0.4 is 5.32 Å². The van der Waals surface area contributed by atoms with Crippen molar-refractivity contribution in [1.29, 1.82) is 0 Å². The van der Waals surface area contributed by atoms with Gasteiger partial charge in [-0.05, 0) is 32.9 Å². The first-order valence-electron chi connectivity index (χ1n) is 7.14. The zero-order chi connectivity index (χ0) is 17.0. The van der Waals surface area contributed by atoms with Gasteiger partial charge in [0.05, 0.1) is 11.1 Å². The van der Waals surface area contributed by atoms with Gasteiger partial charge in [0.25, 0.3) is 5.91 Å². The summed E-state index contributed by atoms with van der Waals surface area (Å²) in [7, 11) is 0. The predicted octanol–water partition coefficient (Wildman–Crippen LogP) is 2.12. The average Bonchev–Trinajstić information content (AvgIpc) is 2.49. The number of pyridine rings is 1. The number of aldehydes is 1. The quantitative estimate of drug-likeness (QED) is 0.690. The molecule has 0 aliphatic heterocycles. The summed E-state index contributed by atoms with van der Waals surface area (Å²) < 4.78 is 5.14. The number of hydrogen-bond donors (Lipinski definition) is 1. The number of esters is 1. The maximum absolute atomic E-state index is 12.3. The molecule has 0 unspecified atom stereocenters. The smallest absolute Gasteiger partial charge is 0.325 e. The summed E-state index contributed by atoms with van der Waals surface area (Å²) in [5, 5.41) is 3.14. The first kappa shape index (κ1) is 16.6. The van der Waals surface area contributed by atoms with Crippen LogP contribution in [0.2, 0.25) is 0 Å². The van der Waals surface area contributed by atoms with Gasteiger partial charge < -0.3 is 10.1 Å². The molecule has 0 atom stereocenters. The fourth-order valence-electron chi connectivity index (χ4n) is 2.06. The molecule has 23 heavy (non-hydrogen) atoms. The van der Waals surface area contributed by atoms with E-state index in [1.807, 2.05) is 0 Å². The van der Waals surface area contributed by atoms with E-state index in [2.05, 4.69) is 10.3 Å². The van der Waals surface area contributed by atoms with E-state index in [-0.39, 0.29) is 6.54 Å². The number of fused-ring (bicyclic) bond motifs is 1. The van der Waals surface area contributed by atoms with Gasteiger partial charge in [-0.15, -0.1) is 0 Å². The minimum atomic E-state index is -0.601. The van der Waals surface area contributed by atoms with Gasteiger partial charge in [-0.1, -0.05) is 12.1 Å². The Morgan fingerprint density at radius 2 is 2.00 bits per heavy atom. The highest BCUT2D eigenvalue weighted by atomic mass is 16.6. The summed E-state index contributed by atoms with van der Waals surface area (Å²) in [5.74, 6) is -0.908. The Kier molecular flexibility index (Phi) is 4.74. The lowest BCUT2D eigenvalue weighted by atomic mass is 10.1. The number of carbonyl (C=O) groups excluding carboxylic acids is 3. The van der Waals surface area contributed by atoms with E-state index in [4.69, 9.17) is 4.74 Å². The third kappa shape index (κ3) is 4.35. The summed E-state index contributed by atoms with van der Waals surface area (Å²) in [4.78, 5) is 38.9. The summed E-state index contributed by atoms with van der Waals surface area (Å²) in [6.45, 7) is 5.06. The largest absolute Gasteiger partial charge is 0.459 e. The maximum atomic E-state index is 12.3. The summed E-state index contributed by atoms with van der Waals surface area (Å²) in [5.41, 5.74) is 0.808. The van der Waals surface area contributed by atoms with Crippen molar-refractivity contribution in [2.75, 3.05) is 6.54 Å². The van der Waals surface area contributed by atoms with E-state index in [1.54, 1.807) is 45.0 Å². The summed E-state index contributed by atoms with van der Waals surface area (Å²) in [6.07, 6.45) is 2.20. The molecule has 1 amide bonds. The number of rotatable bonds is 4. The standard InChI is InChI=1S/C17H18N2O4/c1-17(2,3)23-15(21)9-19-16(22)13-6-7-18-14-8-11(10-20)4-5-12(13)14/h4-8,10H,9H2,1-3H3,(H,19,22). The van der Waals surface area contributed by atoms with Crippen LogP contribution in [0.5, 0.6) is 0 Å². The Balaban J connectivity index is 2.15. The Morgan fingerprint density at radius 3 is 2.65 bits per heavy atom.